The lowest BCUT2D eigenvalue weighted by Gasteiger charge is -1.86. The third-order valence-electron chi connectivity index (χ3n) is 0.319. The second-order valence-corrected chi connectivity index (χ2v) is 3.85. The quantitative estimate of drug-likeness (QED) is 0.455. The van der Waals surface area contributed by atoms with Gasteiger partial charge in [0.25, 0.3) is 0 Å². The first-order chi connectivity index (χ1) is 2.91. The Balaban J connectivity index is 0. The van der Waals surface area contributed by atoms with E-state index in [0.29, 0.717) is 0 Å². The topological polar surface area (TPSA) is 0 Å². The van der Waals surface area contributed by atoms with Crippen molar-refractivity contribution >= 4 is 35.1 Å². The van der Waals surface area contributed by atoms with Crippen LogP contribution in [-0.2, 0) is 0 Å². The van der Waals surface area contributed by atoms with Gasteiger partial charge in [-0.15, -0.1) is 0 Å². The summed E-state index contributed by atoms with van der Waals surface area (Å²) in [5.41, 5.74) is 0. The van der Waals surface area contributed by atoms with Crippen LogP contribution >= 0.6 is 35.1 Å². The molecule has 0 heterocycles. The van der Waals surface area contributed by atoms with E-state index in [9.17, 15) is 0 Å². The molecule has 0 aromatic rings. The van der Waals surface area contributed by atoms with E-state index >= 15 is 0 Å². The van der Waals surface area contributed by atoms with Crippen molar-refractivity contribution in [2.45, 2.75) is 13.8 Å². The number of hydrogen-bond acceptors (Lipinski definition) is 2. The Kier molecular flexibility index (Phi) is 15.8. The van der Waals surface area contributed by atoms with Gasteiger partial charge in [0.1, 0.15) is 0 Å². The maximum absolute atomic E-state index is 2.17. The Bertz CT molecular complexity index is 18.9. The van der Waals surface area contributed by atoms with Gasteiger partial charge >= 0.3 is 0 Å². The zero-order valence-electron chi connectivity index (χ0n) is 4.73. The third kappa shape index (κ3) is 11.0. The van der Waals surface area contributed by atoms with Crippen LogP contribution in [0.25, 0.3) is 0 Å². The van der Waals surface area contributed by atoms with E-state index in [-0.39, 0.29) is 13.5 Å². The molecule has 0 N–H and O–H groups in total. The summed E-state index contributed by atoms with van der Waals surface area (Å²) in [4.78, 5) is 0. The van der Waals surface area contributed by atoms with Crippen LogP contribution in [0.2, 0.25) is 0 Å². The molecule has 0 rings (SSSR count). The lowest BCUT2D eigenvalue weighted by atomic mass is 11.0. The highest BCUT2D eigenvalue weighted by molar-refractivity contribution is 8.76. The highest BCUT2D eigenvalue weighted by atomic mass is 33.1. The lowest BCUT2D eigenvalue weighted by Crippen LogP contribution is -1.59. The van der Waals surface area contributed by atoms with Crippen molar-refractivity contribution in [2.75, 3.05) is 11.5 Å². The van der Waals surface area contributed by atoms with Gasteiger partial charge in [-0.1, -0.05) is 35.4 Å². The van der Waals surface area contributed by atoms with E-state index < -0.39 is 0 Å². The smallest absolute Gasteiger partial charge is 0.000844 e. The normalized spacial score (nSPS) is 7.71. The molecule has 0 aliphatic rings. The van der Waals surface area contributed by atoms with E-state index in [1.54, 1.807) is 0 Å². The maximum Gasteiger partial charge on any atom is 0.000844 e. The zero-order chi connectivity index (χ0) is 4.83. The standard InChI is InChI=1S/C4H10S2.H2S/c1-3-5-6-4-2;/h3-4H2,1-2H3;1H2. The van der Waals surface area contributed by atoms with Gasteiger partial charge in [0.2, 0.25) is 0 Å². The largest absolute Gasteiger partial charge is 0.197 e. The Morgan fingerprint density at radius 1 is 1.00 bits per heavy atom. The van der Waals surface area contributed by atoms with Crippen LogP contribution in [0.1, 0.15) is 13.8 Å². The van der Waals surface area contributed by atoms with E-state index in [1.807, 2.05) is 21.6 Å². The second-order valence-electron chi connectivity index (χ2n) is 0.813. The summed E-state index contributed by atoms with van der Waals surface area (Å²) < 4.78 is 0. The molecule has 0 nitrogen and oxygen atoms in total. The van der Waals surface area contributed by atoms with Crippen LogP contribution in [0.5, 0.6) is 0 Å². The summed E-state index contributed by atoms with van der Waals surface area (Å²) in [6, 6.07) is 0. The third-order valence-corrected chi connectivity index (χ3v) is 2.87. The van der Waals surface area contributed by atoms with Crippen molar-refractivity contribution in [2.24, 2.45) is 0 Å². The molecule has 0 unspecified atom stereocenters. The summed E-state index contributed by atoms with van der Waals surface area (Å²) in [5, 5.41) is 0. The first-order valence-electron chi connectivity index (χ1n) is 2.16. The van der Waals surface area contributed by atoms with Crippen molar-refractivity contribution in [3.8, 4) is 0 Å². The van der Waals surface area contributed by atoms with Crippen LogP contribution in [0.4, 0.5) is 0 Å². The van der Waals surface area contributed by atoms with Crippen LogP contribution in [-0.4, -0.2) is 11.5 Å². The van der Waals surface area contributed by atoms with Gasteiger partial charge in [0.05, 0.1) is 0 Å². The summed E-state index contributed by atoms with van der Waals surface area (Å²) in [6.45, 7) is 4.35. The fourth-order valence-electron chi connectivity index (χ4n) is 0.167. The average molecular weight is 156 g/mol. The Morgan fingerprint density at radius 3 is 1.43 bits per heavy atom. The fourth-order valence-corrected chi connectivity index (χ4v) is 1.50. The van der Waals surface area contributed by atoms with Gasteiger partial charge in [0, 0.05) is 11.5 Å². The van der Waals surface area contributed by atoms with Gasteiger partial charge < -0.3 is 0 Å². The molecule has 0 radical (unpaired) electrons. The fraction of sp³-hybridized carbons (Fsp3) is 1.00. The molecule has 0 aliphatic carbocycles. The summed E-state index contributed by atoms with van der Waals surface area (Å²) >= 11 is 0. The molecule has 0 saturated carbocycles. The maximum atomic E-state index is 2.17. The van der Waals surface area contributed by atoms with Crippen LogP contribution in [0.15, 0.2) is 0 Å². The van der Waals surface area contributed by atoms with Gasteiger partial charge in [-0.05, 0) is 0 Å². The van der Waals surface area contributed by atoms with Crippen molar-refractivity contribution < 1.29 is 0 Å². The molecule has 0 atom stereocenters. The van der Waals surface area contributed by atoms with Crippen molar-refractivity contribution in [1.29, 1.82) is 0 Å². The minimum Gasteiger partial charge on any atom is -0.197 e. The minimum absolute atomic E-state index is 0. The van der Waals surface area contributed by atoms with E-state index in [2.05, 4.69) is 13.8 Å². The number of rotatable bonds is 3. The zero-order valence-corrected chi connectivity index (χ0v) is 7.36. The van der Waals surface area contributed by atoms with E-state index in [0.717, 1.165) is 0 Å². The highest BCUT2D eigenvalue weighted by Crippen LogP contribution is 2.18. The first-order valence-corrected chi connectivity index (χ1v) is 4.65. The van der Waals surface area contributed by atoms with Gasteiger partial charge in [0.15, 0.2) is 0 Å². The molecule has 0 aromatic heterocycles. The molecule has 46 valence electrons. The van der Waals surface area contributed by atoms with Gasteiger partial charge in [-0.3, -0.25) is 0 Å². The highest BCUT2D eigenvalue weighted by Gasteiger charge is 1.75. The summed E-state index contributed by atoms with van der Waals surface area (Å²) in [6.07, 6.45) is 0. The average Bonchev–Trinajstić information content (AvgIpc) is 1.61. The van der Waals surface area contributed by atoms with Crippen molar-refractivity contribution in [3.63, 3.8) is 0 Å². The molecule has 0 saturated heterocycles. The number of hydrogen-bond donors (Lipinski definition) is 0. The SMILES string of the molecule is CCSSCC.S. The predicted molar refractivity (Wildman–Crippen MR) is 46.6 cm³/mol. The first kappa shape index (κ1) is 10.9. The summed E-state index contributed by atoms with van der Waals surface area (Å²) in [5.74, 6) is 2.47. The second kappa shape index (κ2) is 10.1. The molecule has 0 spiro atoms. The van der Waals surface area contributed by atoms with Gasteiger partial charge in [-0.25, -0.2) is 0 Å². The van der Waals surface area contributed by atoms with Crippen LogP contribution in [0, 0.1) is 0 Å². The summed E-state index contributed by atoms with van der Waals surface area (Å²) in [7, 11) is 3.85. The Labute approximate surface area is 60.7 Å². The molecule has 7 heavy (non-hydrogen) atoms. The Hall–Kier alpha value is 1.05. The van der Waals surface area contributed by atoms with Crippen LogP contribution in [0.3, 0.4) is 0 Å². The van der Waals surface area contributed by atoms with Crippen molar-refractivity contribution in [1.82, 2.24) is 0 Å². The van der Waals surface area contributed by atoms with Gasteiger partial charge in [-0.2, -0.15) is 13.5 Å². The monoisotopic (exact) mass is 156 g/mol. The molecule has 0 bridgehead atoms. The minimum atomic E-state index is 0. The molecule has 0 amide bonds. The molecule has 0 aromatic carbocycles. The molecule has 3 heteroatoms. The van der Waals surface area contributed by atoms with E-state index in [1.165, 1.54) is 11.5 Å². The van der Waals surface area contributed by atoms with Crippen molar-refractivity contribution in [3.05, 3.63) is 0 Å². The lowest BCUT2D eigenvalue weighted by molar-refractivity contribution is 1.53. The molecule has 0 aliphatic heterocycles. The Morgan fingerprint density at radius 2 is 1.29 bits per heavy atom. The molecular weight excluding hydrogens is 144 g/mol. The predicted octanol–water partition coefficient (Wildman–Crippen LogP) is 2.52. The van der Waals surface area contributed by atoms with Crippen LogP contribution < -0.4 is 0 Å². The molecule has 0 fully saturated rings. The molecular formula is C4H12S3. The van der Waals surface area contributed by atoms with E-state index in [4.69, 9.17) is 0 Å².